The smallest absolute Gasteiger partial charge is 0.128 e. The van der Waals surface area contributed by atoms with Gasteiger partial charge in [-0.15, -0.1) is 0 Å². The second-order valence-electron chi connectivity index (χ2n) is 6.60. The molecule has 0 saturated carbocycles. The molecule has 2 aromatic rings. The molecule has 1 aliphatic heterocycles. The van der Waals surface area contributed by atoms with E-state index in [0.717, 1.165) is 29.2 Å². The van der Waals surface area contributed by atoms with Crippen LogP contribution in [0.4, 0.5) is 0 Å². The highest BCUT2D eigenvalue weighted by molar-refractivity contribution is 5.96. The maximum absolute atomic E-state index is 8.44. The highest BCUT2D eigenvalue weighted by Crippen LogP contribution is 2.14. The van der Waals surface area contributed by atoms with Crippen LogP contribution in [0, 0.1) is 5.41 Å². The Morgan fingerprint density at radius 1 is 1.19 bits per heavy atom. The van der Waals surface area contributed by atoms with Crippen molar-refractivity contribution in [2.24, 2.45) is 4.99 Å². The van der Waals surface area contributed by atoms with Crippen LogP contribution in [0.5, 0.6) is 0 Å². The fourth-order valence-electron chi connectivity index (χ4n) is 3.33. The van der Waals surface area contributed by atoms with Crippen molar-refractivity contribution < 1.29 is 0 Å². The number of rotatable bonds is 4. The first-order valence-corrected chi connectivity index (χ1v) is 9.26. The molecule has 0 radical (unpaired) electrons. The van der Waals surface area contributed by atoms with E-state index in [1.807, 2.05) is 23.9 Å². The van der Waals surface area contributed by atoms with Gasteiger partial charge in [0.05, 0.1) is 18.1 Å². The Kier molecular flexibility index (Phi) is 6.00. The second kappa shape index (κ2) is 8.61. The fraction of sp³-hybridized carbons (Fsp3) is 0.381. The molecule has 1 N–H and O–H groups in total. The van der Waals surface area contributed by atoms with Gasteiger partial charge >= 0.3 is 0 Å². The lowest BCUT2D eigenvalue weighted by Crippen LogP contribution is -2.35. The van der Waals surface area contributed by atoms with Gasteiger partial charge in [0.25, 0.3) is 0 Å². The van der Waals surface area contributed by atoms with E-state index >= 15 is 0 Å². The quantitative estimate of drug-likeness (QED) is 0.678. The van der Waals surface area contributed by atoms with Gasteiger partial charge < -0.3 is 4.90 Å². The van der Waals surface area contributed by atoms with Crippen LogP contribution < -0.4 is 10.6 Å². The molecule has 0 atom stereocenters. The second-order valence-corrected chi connectivity index (χ2v) is 6.60. The van der Waals surface area contributed by atoms with Gasteiger partial charge in [-0.25, -0.2) is 0 Å². The lowest BCUT2D eigenvalue weighted by molar-refractivity contribution is 0.341. The van der Waals surface area contributed by atoms with Crippen LogP contribution in [0.25, 0.3) is 12.2 Å². The third-order valence-electron chi connectivity index (χ3n) is 4.83. The number of hydrogen-bond acceptors (Lipinski definition) is 3. The van der Waals surface area contributed by atoms with Gasteiger partial charge in [-0.1, -0.05) is 30.3 Å². The van der Waals surface area contributed by atoms with E-state index in [9.17, 15) is 0 Å². The normalized spacial score (nSPS) is 16.6. The number of benzene rings is 1. The van der Waals surface area contributed by atoms with Crippen molar-refractivity contribution in [2.45, 2.75) is 32.7 Å². The summed E-state index contributed by atoms with van der Waals surface area (Å²) in [6.07, 6.45) is 11.4. The van der Waals surface area contributed by atoms with Gasteiger partial charge in [0.2, 0.25) is 0 Å². The maximum atomic E-state index is 8.44. The molecular weight excluding hydrogens is 322 g/mol. The van der Waals surface area contributed by atoms with Gasteiger partial charge in [0, 0.05) is 37.1 Å². The minimum Gasteiger partial charge on any atom is -0.357 e. The Hall–Kier alpha value is -2.69. The zero-order valence-electron chi connectivity index (χ0n) is 15.7. The SMILES string of the molecule is C/C=c1/cnn(Cc2ccc(C(=N)N3CCCCC3)cc2)/c1=C/C=N/C. The van der Waals surface area contributed by atoms with E-state index in [4.69, 9.17) is 5.41 Å². The summed E-state index contributed by atoms with van der Waals surface area (Å²) in [4.78, 5) is 6.23. The number of aliphatic imine (C=N–C) groups is 1. The summed E-state index contributed by atoms with van der Waals surface area (Å²) >= 11 is 0. The van der Waals surface area contributed by atoms with Crippen LogP contribution in [0.15, 0.2) is 35.5 Å². The third kappa shape index (κ3) is 4.10. The van der Waals surface area contributed by atoms with Crippen molar-refractivity contribution in [3.63, 3.8) is 0 Å². The van der Waals surface area contributed by atoms with Gasteiger partial charge in [-0.3, -0.25) is 15.1 Å². The summed E-state index contributed by atoms with van der Waals surface area (Å²) < 4.78 is 1.99. The van der Waals surface area contributed by atoms with E-state index < -0.39 is 0 Å². The number of hydrogen-bond donors (Lipinski definition) is 1. The number of nitrogens with zero attached hydrogens (tertiary/aromatic N) is 4. The van der Waals surface area contributed by atoms with Gasteiger partial charge in [0.15, 0.2) is 0 Å². The molecule has 26 heavy (non-hydrogen) atoms. The molecule has 0 bridgehead atoms. The zero-order chi connectivity index (χ0) is 18.4. The number of piperidine rings is 1. The van der Waals surface area contributed by atoms with Crippen molar-refractivity contribution in [1.29, 1.82) is 5.41 Å². The minimum atomic E-state index is 0.645. The Morgan fingerprint density at radius 2 is 1.92 bits per heavy atom. The molecule has 1 saturated heterocycles. The summed E-state index contributed by atoms with van der Waals surface area (Å²) in [6, 6.07) is 8.31. The molecule has 0 unspecified atom stereocenters. The Labute approximate surface area is 154 Å². The first-order chi connectivity index (χ1) is 12.7. The Morgan fingerprint density at radius 3 is 2.58 bits per heavy atom. The molecule has 1 aromatic heterocycles. The predicted octanol–water partition coefficient (Wildman–Crippen LogP) is 2.02. The van der Waals surface area contributed by atoms with Crippen LogP contribution in [0.2, 0.25) is 0 Å². The van der Waals surface area contributed by atoms with Crippen molar-refractivity contribution in [2.75, 3.05) is 20.1 Å². The van der Waals surface area contributed by atoms with Crippen LogP contribution in [-0.2, 0) is 6.54 Å². The Bertz CT molecular complexity index is 883. The average molecular weight is 349 g/mol. The molecular formula is C21H27N5. The predicted molar refractivity (Wildman–Crippen MR) is 108 cm³/mol. The van der Waals surface area contributed by atoms with Crippen molar-refractivity contribution in [3.8, 4) is 0 Å². The number of aromatic nitrogens is 2. The summed E-state index contributed by atoms with van der Waals surface area (Å²) in [5.41, 5.74) is 2.16. The summed E-state index contributed by atoms with van der Waals surface area (Å²) in [6.45, 7) is 4.72. The molecule has 5 heteroatoms. The van der Waals surface area contributed by atoms with Crippen molar-refractivity contribution in [1.82, 2.24) is 14.7 Å². The van der Waals surface area contributed by atoms with Crippen LogP contribution in [0.1, 0.15) is 37.3 Å². The summed E-state index contributed by atoms with van der Waals surface area (Å²) in [5.74, 6) is 0.645. The average Bonchev–Trinajstić information content (AvgIpc) is 3.08. The van der Waals surface area contributed by atoms with Crippen molar-refractivity contribution >= 4 is 24.2 Å². The van der Waals surface area contributed by atoms with E-state index in [0.29, 0.717) is 12.4 Å². The topological polar surface area (TPSA) is 57.3 Å². The highest BCUT2D eigenvalue weighted by Gasteiger charge is 2.14. The van der Waals surface area contributed by atoms with Gasteiger partial charge in [0.1, 0.15) is 5.84 Å². The maximum Gasteiger partial charge on any atom is 0.128 e. The van der Waals surface area contributed by atoms with Gasteiger partial charge in [-0.05, 0) is 37.8 Å². The molecule has 1 aliphatic rings. The first-order valence-electron chi connectivity index (χ1n) is 9.26. The number of likely N-dealkylation sites (tertiary alicyclic amines) is 1. The number of nitrogens with one attached hydrogen (secondary N) is 1. The van der Waals surface area contributed by atoms with Gasteiger partial charge in [-0.2, -0.15) is 5.10 Å². The molecule has 0 aliphatic carbocycles. The standard InChI is InChI=1S/C21H27N5/c1-3-18-15-24-26(20(18)11-12-23-2)16-17-7-9-19(10-8-17)21(22)25-13-5-4-6-14-25/h3,7-12,15,22H,4-6,13-14,16H2,1-2H3/b18-3-,20-11+,22-21?,23-12+. The molecule has 2 heterocycles. The zero-order valence-corrected chi connectivity index (χ0v) is 15.7. The van der Waals surface area contributed by atoms with Crippen molar-refractivity contribution in [3.05, 3.63) is 52.2 Å². The molecule has 1 fully saturated rings. The number of amidine groups is 1. The van der Waals surface area contributed by atoms with Crippen LogP contribution in [0.3, 0.4) is 0 Å². The van der Waals surface area contributed by atoms with E-state index in [-0.39, 0.29) is 0 Å². The molecule has 1 aromatic carbocycles. The fourth-order valence-corrected chi connectivity index (χ4v) is 3.33. The monoisotopic (exact) mass is 349 g/mol. The lowest BCUT2D eigenvalue weighted by atomic mass is 10.1. The summed E-state index contributed by atoms with van der Waals surface area (Å²) in [7, 11) is 1.77. The largest absolute Gasteiger partial charge is 0.357 e. The highest BCUT2D eigenvalue weighted by atomic mass is 15.3. The first kappa shape index (κ1) is 18.1. The van der Waals surface area contributed by atoms with E-state index in [2.05, 4.69) is 45.3 Å². The Balaban J connectivity index is 1.78. The molecule has 3 rings (SSSR count). The van der Waals surface area contributed by atoms with E-state index in [1.165, 1.54) is 24.8 Å². The molecule has 0 spiro atoms. The minimum absolute atomic E-state index is 0.645. The summed E-state index contributed by atoms with van der Waals surface area (Å²) in [5, 5.41) is 15.1. The van der Waals surface area contributed by atoms with E-state index in [1.54, 1.807) is 13.3 Å². The molecule has 0 amide bonds. The molecule has 136 valence electrons. The molecule has 5 nitrogen and oxygen atoms in total. The third-order valence-corrected chi connectivity index (χ3v) is 4.83. The lowest BCUT2D eigenvalue weighted by Gasteiger charge is -2.29. The van der Waals surface area contributed by atoms with Crippen LogP contribution in [-0.4, -0.2) is 46.9 Å². The van der Waals surface area contributed by atoms with Crippen LogP contribution >= 0.6 is 0 Å².